The third-order valence-corrected chi connectivity index (χ3v) is 3.65. The number of rotatable bonds is 7. The Labute approximate surface area is 126 Å². The minimum atomic E-state index is -0.238. The molecular weight excluding hydrogens is 292 g/mol. The van der Waals surface area contributed by atoms with E-state index in [1.165, 1.54) is 16.0 Å². The third-order valence-electron chi connectivity index (χ3n) is 2.90. The molecule has 2 heterocycles. The zero-order chi connectivity index (χ0) is 15.2. The molecule has 21 heavy (non-hydrogen) atoms. The number of carbonyl (C=O) groups is 1. The number of hydrogen-bond donors (Lipinski definition) is 2. The largest absolute Gasteiger partial charge is 0.390 e. The molecule has 0 atom stereocenters. The van der Waals surface area contributed by atoms with Crippen molar-refractivity contribution in [2.75, 3.05) is 5.32 Å². The lowest BCUT2D eigenvalue weighted by atomic mass is 10.1. The molecule has 0 aliphatic carbocycles. The number of anilines is 1. The Morgan fingerprint density at radius 3 is 2.81 bits per heavy atom. The first kappa shape index (κ1) is 15.5. The molecule has 2 aromatic rings. The van der Waals surface area contributed by atoms with Gasteiger partial charge in [0.05, 0.1) is 12.3 Å². The van der Waals surface area contributed by atoms with E-state index in [0.717, 1.165) is 30.0 Å². The number of aliphatic hydroxyl groups is 1. The van der Waals surface area contributed by atoms with Crippen LogP contribution in [0.4, 0.5) is 5.13 Å². The lowest BCUT2D eigenvalue weighted by molar-refractivity contribution is -0.117. The molecule has 2 N–H and O–H groups in total. The average Bonchev–Trinajstić information content (AvgIpc) is 3.03. The van der Waals surface area contributed by atoms with Crippen LogP contribution in [0, 0.1) is 6.92 Å². The van der Waals surface area contributed by atoms with E-state index in [-0.39, 0.29) is 19.1 Å². The minimum absolute atomic E-state index is 0.0463. The van der Waals surface area contributed by atoms with Crippen molar-refractivity contribution in [1.29, 1.82) is 0 Å². The molecule has 0 bridgehead atoms. The Morgan fingerprint density at radius 1 is 1.38 bits per heavy atom. The van der Waals surface area contributed by atoms with E-state index in [0.29, 0.717) is 10.8 Å². The molecule has 0 unspecified atom stereocenters. The van der Waals surface area contributed by atoms with E-state index < -0.39 is 0 Å². The van der Waals surface area contributed by atoms with Crippen molar-refractivity contribution in [1.82, 2.24) is 25.2 Å². The quantitative estimate of drug-likeness (QED) is 0.787. The fourth-order valence-electron chi connectivity index (χ4n) is 1.88. The summed E-state index contributed by atoms with van der Waals surface area (Å²) >= 11 is 1.31. The maximum absolute atomic E-state index is 12.0. The maximum atomic E-state index is 12.0. The summed E-state index contributed by atoms with van der Waals surface area (Å²) in [4.78, 5) is 12.0. The minimum Gasteiger partial charge on any atom is -0.390 e. The number of hydrogen-bond acceptors (Lipinski definition) is 7. The fraction of sp³-hybridized carbons (Fsp3) is 0.583. The van der Waals surface area contributed by atoms with Gasteiger partial charge in [-0.2, -0.15) is 0 Å². The number of amides is 1. The molecule has 0 radical (unpaired) electrons. The fourth-order valence-corrected chi connectivity index (χ4v) is 2.49. The van der Waals surface area contributed by atoms with Crippen molar-refractivity contribution in [3.05, 3.63) is 16.4 Å². The summed E-state index contributed by atoms with van der Waals surface area (Å²) in [6.07, 6.45) is 2.72. The standard InChI is InChI=1S/C12H18N6O2S/c1-3-4-5-10-9(7-19)15-17-18(10)6-11(20)13-12-16-14-8(2)21-12/h19H,3-7H2,1-2H3,(H,13,16,20). The van der Waals surface area contributed by atoms with E-state index in [4.69, 9.17) is 0 Å². The van der Waals surface area contributed by atoms with Gasteiger partial charge in [-0.15, -0.1) is 15.3 Å². The number of aromatic nitrogens is 5. The summed E-state index contributed by atoms with van der Waals surface area (Å²) in [5, 5.41) is 28.7. The molecule has 0 aromatic carbocycles. The van der Waals surface area contributed by atoms with E-state index >= 15 is 0 Å². The highest BCUT2D eigenvalue weighted by Gasteiger charge is 2.15. The number of aliphatic hydroxyl groups excluding tert-OH is 1. The first-order chi connectivity index (χ1) is 10.1. The molecule has 114 valence electrons. The van der Waals surface area contributed by atoms with Gasteiger partial charge in [0.1, 0.15) is 17.2 Å². The predicted octanol–water partition coefficient (Wildman–Crippen LogP) is 0.912. The van der Waals surface area contributed by atoms with Gasteiger partial charge in [-0.05, 0) is 19.8 Å². The maximum Gasteiger partial charge on any atom is 0.248 e. The Kier molecular flexibility index (Phi) is 5.34. The summed E-state index contributed by atoms with van der Waals surface area (Å²) in [7, 11) is 0. The average molecular weight is 310 g/mol. The van der Waals surface area contributed by atoms with Gasteiger partial charge in [-0.25, -0.2) is 4.68 Å². The molecule has 9 heteroatoms. The second-order valence-electron chi connectivity index (χ2n) is 4.58. The smallest absolute Gasteiger partial charge is 0.248 e. The lowest BCUT2D eigenvalue weighted by Crippen LogP contribution is -2.21. The molecule has 0 saturated carbocycles. The van der Waals surface area contributed by atoms with Crippen LogP contribution in [-0.2, 0) is 24.4 Å². The Morgan fingerprint density at radius 2 is 2.19 bits per heavy atom. The molecule has 0 fully saturated rings. The molecule has 8 nitrogen and oxygen atoms in total. The van der Waals surface area contributed by atoms with E-state index in [1.54, 1.807) is 0 Å². The summed E-state index contributed by atoms with van der Waals surface area (Å²) in [5.74, 6) is -0.238. The monoisotopic (exact) mass is 310 g/mol. The SMILES string of the molecule is CCCCc1c(CO)nnn1CC(=O)Nc1nnc(C)s1. The number of unbranched alkanes of at least 4 members (excludes halogenated alkanes) is 1. The van der Waals surface area contributed by atoms with Crippen LogP contribution in [0.1, 0.15) is 36.2 Å². The van der Waals surface area contributed by atoms with Crippen LogP contribution < -0.4 is 5.32 Å². The predicted molar refractivity (Wildman–Crippen MR) is 77.8 cm³/mol. The van der Waals surface area contributed by atoms with Crippen LogP contribution in [-0.4, -0.2) is 36.2 Å². The number of nitrogens with one attached hydrogen (secondary N) is 1. The molecule has 0 aliphatic heterocycles. The highest BCUT2D eigenvalue weighted by Crippen LogP contribution is 2.14. The van der Waals surface area contributed by atoms with Gasteiger partial charge in [0.2, 0.25) is 11.0 Å². The Balaban J connectivity index is 2.04. The van der Waals surface area contributed by atoms with Crippen molar-refractivity contribution < 1.29 is 9.90 Å². The first-order valence-electron chi connectivity index (χ1n) is 6.76. The van der Waals surface area contributed by atoms with Crippen molar-refractivity contribution in [2.45, 2.75) is 46.3 Å². The summed E-state index contributed by atoms with van der Waals surface area (Å²) in [5.41, 5.74) is 1.34. The molecule has 0 spiro atoms. The van der Waals surface area contributed by atoms with Gasteiger partial charge in [-0.1, -0.05) is 29.9 Å². The zero-order valence-corrected chi connectivity index (χ0v) is 12.9. The van der Waals surface area contributed by atoms with E-state index in [1.807, 2.05) is 6.92 Å². The van der Waals surface area contributed by atoms with Gasteiger partial charge in [0.15, 0.2) is 0 Å². The van der Waals surface area contributed by atoms with Crippen LogP contribution >= 0.6 is 11.3 Å². The zero-order valence-electron chi connectivity index (χ0n) is 12.0. The Bertz CT molecular complexity index is 609. The molecule has 0 saturated heterocycles. The third kappa shape index (κ3) is 4.05. The number of nitrogens with zero attached hydrogens (tertiary/aromatic N) is 5. The number of carbonyl (C=O) groups excluding carboxylic acids is 1. The second-order valence-corrected chi connectivity index (χ2v) is 5.76. The Hall–Kier alpha value is -1.87. The molecule has 2 aromatic heterocycles. The topological polar surface area (TPSA) is 106 Å². The van der Waals surface area contributed by atoms with Crippen LogP contribution in [0.25, 0.3) is 0 Å². The van der Waals surface area contributed by atoms with Crippen LogP contribution in [0.2, 0.25) is 0 Å². The van der Waals surface area contributed by atoms with Crippen molar-refractivity contribution in [3.63, 3.8) is 0 Å². The van der Waals surface area contributed by atoms with Gasteiger partial charge in [-0.3, -0.25) is 10.1 Å². The van der Waals surface area contributed by atoms with Gasteiger partial charge in [0.25, 0.3) is 0 Å². The summed E-state index contributed by atoms with van der Waals surface area (Å²) in [6, 6.07) is 0. The van der Waals surface area contributed by atoms with Gasteiger partial charge >= 0.3 is 0 Å². The van der Waals surface area contributed by atoms with Gasteiger partial charge in [0, 0.05) is 0 Å². The van der Waals surface area contributed by atoms with Gasteiger partial charge < -0.3 is 5.11 Å². The van der Waals surface area contributed by atoms with Crippen molar-refractivity contribution >= 4 is 22.4 Å². The van der Waals surface area contributed by atoms with E-state index in [9.17, 15) is 9.90 Å². The highest BCUT2D eigenvalue weighted by molar-refractivity contribution is 7.15. The molecular formula is C12H18N6O2S. The van der Waals surface area contributed by atoms with Crippen LogP contribution in [0.15, 0.2) is 0 Å². The van der Waals surface area contributed by atoms with Crippen molar-refractivity contribution in [3.8, 4) is 0 Å². The normalized spacial score (nSPS) is 10.8. The summed E-state index contributed by atoms with van der Waals surface area (Å²) in [6.45, 7) is 3.78. The number of aryl methyl sites for hydroxylation is 1. The lowest BCUT2D eigenvalue weighted by Gasteiger charge is -2.06. The molecule has 0 aliphatic rings. The second kappa shape index (κ2) is 7.23. The highest BCUT2D eigenvalue weighted by atomic mass is 32.1. The van der Waals surface area contributed by atoms with Crippen molar-refractivity contribution in [2.24, 2.45) is 0 Å². The molecule has 1 amide bonds. The van der Waals surface area contributed by atoms with Crippen LogP contribution in [0.3, 0.4) is 0 Å². The van der Waals surface area contributed by atoms with E-state index in [2.05, 4.69) is 32.7 Å². The first-order valence-corrected chi connectivity index (χ1v) is 7.57. The summed E-state index contributed by atoms with van der Waals surface area (Å²) < 4.78 is 1.53. The molecule has 2 rings (SSSR count). The van der Waals surface area contributed by atoms with Crippen LogP contribution in [0.5, 0.6) is 0 Å².